The molecule has 1 heterocycles. The second kappa shape index (κ2) is 5.66. The van der Waals surface area contributed by atoms with Crippen LogP contribution in [-0.2, 0) is 6.54 Å². The summed E-state index contributed by atoms with van der Waals surface area (Å²) in [7, 11) is 2.20. The molecule has 3 rings (SSSR count). The summed E-state index contributed by atoms with van der Waals surface area (Å²) in [6.07, 6.45) is 0. The van der Waals surface area contributed by atoms with Crippen LogP contribution >= 0.6 is 0 Å². The van der Waals surface area contributed by atoms with Gasteiger partial charge in [-0.25, -0.2) is 0 Å². The zero-order chi connectivity index (χ0) is 15.0. The van der Waals surface area contributed by atoms with Gasteiger partial charge in [0, 0.05) is 37.3 Å². The number of nitrogens with zero attached hydrogens (tertiary/aromatic N) is 2. The molecule has 1 aliphatic heterocycles. The zero-order valence-electron chi connectivity index (χ0n) is 13.1. The topological polar surface area (TPSA) is 26.7 Å². The Kier molecular flexibility index (Phi) is 3.87. The summed E-state index contributed by atoms with van der Waals surface area (Å²) in [6.45, 7) is 7.44. The Morgan fingerprint density at radius 3 is 2.43 bits per heavy atom. The van der Waals surface area contributed by atoms with Gasteiger partial charge in [-0.05, 0) is 37.7 Å². The average Bonchev–Trinajstić information content (AvgIpc) is 2.47. The van der Waals surface area contributed by atoms with E-state index in [0.29, 0.717) is 17.8 Å². The first-order chi connectivity index (χ1) is 10.1. The Labute approximate surface area is 126 Å². The van der Waals surface area contributed by atoms with Crippen LogP contribution in [0.2, 0.25) is 0 Å². The number of likely N-dealkylation sites (N-methyl/N-ethyl adjacent to an activating group) is 1. The van der Waals surface area contributed by atoms with Gasteiger partial charge in [0.2, 0.25) is 0 Å². The van der Waals surface area contributed by atoms with E-state index in [1.54, 1.807) is 0 Å². The Bertz CT molecular complexity index is 628. The van der Waals surface area contributed by atoms with Gasteiger partial charge in [-0.1, -0.05) is 30.3 Å². The number of hydrogen-bond acceptors (Lipinski definition) is 3. The zero-order valence-corrected chi connectivity index (χ0v) is 13.1. The Morgan fingerprint density at radius 2 is 1.71 bits per heavy atom. The van der Waals surface area contributed by atoms with Crippen molar-refractivity contribution in [2.75, 3.05) is 20.1 Å². The van der Waals surface area contributed by atoms with Gasteiger partial charge in [0.05, 0.1) is 0 Å². The summed E-state index contributed by atoms with van der Waals surface area (Å²) >= 11 is 0. The summed E-state index contributed by atoms with van der Waals surface area (Å²) in [5, 5.41) is 12.6. The molecule has 112 valence electrons. The molecule has 1 aliphatic rings. The summed E-state index contributed by atoms with van der Waals surface area (Å²) in [4.78, 5) is 4.89. The quantitative estimate of drug-likeness (QED) is 0.918. The maximum atomic E-state index is 10.3. The maximum Gasteiger partial charge on any atom is 0.120 e. The molecular weight excluding hydrogens is 260 g/mol. The van der Waals surface area contributed by atoms with Gasteiger partial charge in [0.1, 0.15) is 5.75 Å². The minimum Gasteiger partial charge on any atom is -0.508 e. The lowest BCUT2D eigenvalue weighted by atomic mass is 10.0. The van der Waals surface area contributed by atoms with Crippen molar-refractivity contribution >= 4 is 10.8 Å². The van der Waals surface area contributed by atoms with Gasteiger partial charge in [0.15, 0.2) is 0 Å². The van der Waals surface area contributed by atoms with Crippen LogP contribution in [0.1, 0.15) is 19.4 Å². The van der Waals surface area contributed by atoms with E-state index in [1.807, 2.05) is 24.3 Å². The summed E-state index contributed by atoms with van der Waals surface area (Å²) in [5.41, 5.74) is 1.05. The van der Waals surface area contributed by atoms with E-state index in [4.69, 9.17) is 0 Å². The monoisotopic (exact) mass is 284 g/mol. The van der Waals surface area contributed by atoms with Crippen LogP contribution in [-0.4, -0.2) is 47.1 Å². The number of rotatable bonds is 2. The highest BCUT2D eigenvalue weighted by Gasteiger charge is 2.27. The highest BCUT2D eigenvalue weighted by atomic mass is 16.3. The number of piperazine rings is 1. The molecule has 0 aliphatic carbocycles. The van der Waals surface area contributed by atoms with E-state index >= 15 is 0 Å². The van der Waals surface area contributed by atoms with Crippen molar-refractivity contribution < 1.29 is 5.11 Å². The molecule has 0 spiro atoms. The molecule has 3 nitrogen and oxygen atoms in total. The molecule has 21 heavy (non-hydrogen) atoms. The molecule has 0 bridgehead atoms. The maximum absolute atomic E-state index is 10.3. The third-order valence-electron chi connectivity index (χ3n) is 4.83. The number of fused-ring (bicyclic) bond motifs is 1. The fraction of sp³-hybridized carbons (Fsp3) is 0.444. The molecule has 0 amide bonds. The third-order valence-corrected chi connectivity index (χ3v) is 4.83. The van der Waals surface area contributed by atoms with Crippen LogP contribution in [0.5, 0.6) is 5.75 Å². The van der Waals surface area contributed by atoms with E-state index in [0.717, 1.165) is 30.6 Å². The number of phenolic OH excluding ortho intramolecular Hbond substituents is 1. The van der Waals surface area contributed by atoms with Gasteiger partial charge in [0.25, 0.3) is 0 Å². The molecule has 2 aromatic carbocycles. The fourth-order valence-electron chi connectivity index (χ4n) is 3.36. The summed E-state index contributed by atoms with van der Waals surface area (Å²) in [6, 6.07) is 13.2. The second-order valence-electron chi connectivity index (χ2n) is 6.34. The number of phenols is 1. The van der Waals surface area contributed by atoms with Crippen molar-refractivity contribution in [3.63, 3.8) is 0 Å². The number of hydrogen-bond donors (Lipinski definition) is 1. The molecule has 1 saturated heterocycles. The molecular formula is C18H24N2O. The minimum atomic E-state index is 0.410. The van der Waals surface area contributed by atoms with Gasteiger partial charge < -0.3 is 5.11 Å². The average molecular weight is 284 g/mol. The van der Waals surface area contributed by atoms with Crippen LogP contribution in [0, 0.1) is 0 Å². The first-order valence-electron chi connectivity index (χ1n) is 7.70. The lowest BCUT2D eigenvalue weighted by Gasteiger charge is -2.42. The predicted octanol–water partition coefficient (Wildman–Crippen LogP) is 3.07. The largest absolute Gasteiger partial charge is 0.508 e. The SMILES string of the molecule is CC1CN(Cc2c(O)ccc3ccccc23)CC(C)N1C. The molecule has 2 aromatic rings. The molecule has 3 heteroatoms. The van der Waals surface area contributed by atoms with Crippen LogP contribution in [0.3, 0.4) is 0 Å². The standard InChI is InChI=1S/C18H24N2O/c1-13-10-20(11-14(2)19(13)3)12-17-16-7-5-4-6-15(16)8-9-18(17)21/h4-9,13-14,21H,10-12H2,1-3H3. The Hall–Kier alpha value is -1.58. The third kappa shape index (κ3) is 2.76. The normalized spacial score (nSPS) is 24.5. The number of aromatic hydroxyl groups is 1. The Morgan fingerprint density at radius 1 is 1.05 bits per heavy atom. The molecule has 1 N–H and O–H groups in total. The van der Waals surface area contributed by atoms with Crippen LogP contribution in [0.25, 0.3) is 10.8 Å². The van der Waals surface area contributed by atoms with Gasteiger partial charge in [-0.2, -0.15) is 0 Å². The van der Waals surface area contributed by atoms with Crippen molar-refractivity contribution in [3.05, 3.63) is 42.0 Å². The van der Waals surface area contributed by atoms with E-state index in [9.17, 15) is 5.11 Å². The van der Waals surface area contributed by atoms with Crippen molar-refractivity contribution in [3.8, 4) is 5.75 Å². The van der Waals surface area contributed by atoms with Crippen LogP contribution in [0.4, 0.5) is 0 Å². The van der Waals surface area contributed by atoms with E-state index < -0.39 is 0 Å². The highest BCUT2D eigenvalue weighted by molar-refractivity contribution is 5.87. The fourth-order valence-corrected chi connectivity index (χ4v) is 3.36. The van der Waals surface area contributed by atoms with Crippen LogP contribution < -0.4 is 0 Å². The minimum absolute atomic E-state index is 0.410. The molecule has 1 fully saturated rings. The second-order valence-corrected chi connectivity index (χ2v) is 6.34. The summed E-state index contributed by atoms with van der Waals surface area (Å²) < 4.78 is 0. The molecule has 0 saturated carbocycles. The molecule has 2 atom stereocenters. The van der Waals surface area contributed by atoms with E-state index in [-0.39, 0.29) is 0 Å². The smallest absolute Gasteiger partial charge is 0.120 e. The van der Waals surface area contributed by atoms with Gasteiger partial charge in [-0.15, -0.1) is 0 Å². The first kappa shape index (κ1) is 14.4. The predicted molar refractivity (Wildman–Crippen MR) is 87.6 cm³/mol. The van der Waals surface area contributed by atoms with Crippen molar-refractivity contribution in [2.45, 2.75) is 32.5 Å². The lowest BCUT2D eigenvalue weighted by molar-refractivity contribution is 0.0554. The van der Waals surface area contributed by atoms with Gasteiger partial charge >= 0.3 is 0 Å². The summed E-state index contributed by atoms with van der Waals surface area (Å²) in [5.74, 6) is 0.410. The van der Waals surface area contributed by atoms with Crippen molar-refractivity contribution in [1.29, 1.82) is 0 Å². The van der Waals surface area contributed by atoms with Crippen molar-refractivity contribution in [2.24, 2.45) is 0 Å². The molecule has 0 aromatic heterocycles. The molecule has 2 unspecified atom stereocenters. The van der Waals surface area contributed by atoms with Crippen molar-refractivity contribution in [1.82, 2.24) is 9.80 Å². The highest BCUT2D eigenvalue weighted by Crippen LogP contribution is 2.29. The molecule has 0 radical (unpaired) electrons. The Balaban J connectivity index is 1.90. The lowest BCUT2D eigenvalue weighted by Crippen LogP contribution is -2.54. The van der Waals surface area contributed by atoms with Gasteiger partial charge in [-0.3, -0.25) is 9.80 Å². The van der Waals surface area contributed by atoms with E-state index in [1.165, 1.54) is 5.39 Å². The first-order valence-corrected chi connectivity index (χ1v) is 7.70. The van der Waals surface area contributed by atoms with E-state index in [2.05, 4.69) is 42.8 Å². The number of benzene rings is 2. The van der Waals surface area contributed by atoms with Crippen LogP contribution in [0.15, 0.2) is 36.4 Å².